The smallest absolute Gasteiger partial charge is 0.199 e. The highest BCUT2D eigenvalue weighted by molar-refractivity contribution is 6.07. The molecule has 2 bridgehead atoms. The van der Waals surface area contributed by atoms with E-state index in [-0.39, 0.29) is 11.0 Å². The van der Waals surface area contributed by atoms with Gasteiger partial charge in [0.1, 0.15) is 5.54 Å². The van der Waals surface area contributed by atoms with Gasteiger partial charge in [-0.2, -0.15) is 0 Å². The van der Waals surface area contributed by atoms with E-state index in [4.69, 9.17) is 9.73 Å². The topological polar surface area (TPSA) is 21.6 Å². The second-order valence-electron chi connectivity index (χ2n) is 6.73. The zero-order valence-corrected chi connectivity index (χ0v) is 14.1. The number of dihydropyridines is 1. The quantitative estimate of drug-likeness (QED) is 0.748. The summed E-state index contributed by atoms with van der Waals surface area (Å²) in [4.78, 5) is 5.01. The van der Waals surface area contributed by atoms with Crippen molar-refractivity contribution in [3.05, 3.63) is 76.9 Å². The van der Waals surface area contributed by atoms with E-state index in [1.54, 1.807) is 7.11 Å². The molecule has 2 atom stereocenters. The van der Waals surface area contributed by atoms with Crippen molar-refractivity contribution in [2.45, 2.75) is 31.7 Å². The molecule has 2 aromatic carbocycles. The first kappa shape index (κ1) is 14.3. The minimum Gasteiger partial charge on any atom is -0.483 e. The van der Waals surface area contributed by atoms with Gasteiger partial charge in [0.05, 0.1) is 12.5 Å². The number of methoxy groups -OCH3 is 1. The molecule has 2 aliphatic heterocycles. The van der Waals surface area contributed by atoms with Gasteiger partial charge in [0.2, 0.25) is 0 Å². The maximum absolute atomic E-state index is 5.77. The lowest BCUT2D eigenvalue weighted by Crippen LogP contribution is -2.49. The van der Waals surface area contributed by atoms with Crippen molar-refractivity contribution < 1.29 is 4.74 Å². The van der Waals surface area contributed by atoms with Crippen molar-refractivity contribution in [3.63, 3.8) is 0 Å². The van der Waals surface area contributed by atoms with Gasteiger partial charge in [0, 0.05) is 0 Å². The molecule has 1 aliphatic carbocycles. The summed E-state index contributed by atoms with van der Waals surface area (Å²) >= 11 is 0. The molecule has 0 amide bonds. The van der Waals surface area contributed by atoms with Gasteiger partial charge in [0.25, 0.3) is 0 Å². The fourth-order valence-corrected chi connectivity index (χ4v) is 4.34. The van der Waals surface area contributed by atoms with E-state index in [9.17, 15) is 0 Å². The van der Waals surface area contributed by atoms with Gasteiger partial charge in [-0.15, -0.1) is 0 Å². The fraction of sp³-hybridized carbons (Fsp3) is 0.286. The molecule has 23 heavy (non-hydrogen) atoms. The number of benzene rings is 2. The Morgan fingerprint density at radius 2 is 1.48 bits per heavy atom. The molecule has 2 nitrogen and oxygen atoms in total. The third kappa shape index (κ3) is 1.61. The molecule has 2 heteroatoms. The molecule has 0 aromatic heterocycles. The van der Waals surface area contributed by atoms with E-state index in [1.807, 2.05) is 0 Å². The maximum Gasteiger partial charge on any atom is 0.199 e. The first-order valence-electron chi connectivity index (χ1n) is 8.05. The van der Waals surface area contributed by atoms with Gasteiger partial charge in [-0.05, 0) is 48.6 Å². The minimum atomic E-state index is -0.356. The van der Waals surface area contributed by atoms with E-state index in [2.05, 4.69) is 75.4 Å². The van der Waals surface area contributed by atoms with Gasteiger partial charge in [0.15, 0.2) is 5.90 Å². The monoisotopic (exact) mass is 303 g/mol. The summed E-state index contributed by atoms with van der Waals surface area (Å²) in [6.07, 6.45) is 0. The lowest BCUT2D eigenvalue weighted by atomic mass is 9.58. The number of hydrogen-bond donors (Lipinski definition) is 0. The Morgan fingerprint density at radius 1 is 0.870 bits per heavy atom. The van der Waals surface area contributed by atoms with Crippen LogP contribution in [-0.4, -0.2) is 13.0 Å². The van der Waals surface area contributed by atoms with Crippen molar-refractivity contribution in [1.29, 1.82) is 0 Å². The molecule has 2 heterocycles. The normalized spacial score (nSPS) is 28.4. The number of aliphatic imine (C=N–C) groups is 1. The van der Waals surface area contributed by atoms with Crippen LogP contribution in [0, 0.1) is 0 Å². The lowest BCUT2D eigenvalue weighted by Gasteiger charge is -2.50. The average Bonchev–Trinajstić information content (AvgIpc) is 2.58. The first-order chi connectivity index (χ1) is 11.0. The van der Waals surface area contributed by atoms with Crippen molar-refractivity contribution in [2.75, 3.05) is 7.11 Å². The number of nitrogens with zero attached hydrogens (tertiary/aromatic N) is 1. The summed E-state index contributed by atoms with van der Waals surface area (Å²) in [5.74, 6) is 0.808. The summed E-state index contributed by atoms with van der Waals surface area (Å²) in [5, 5.41) is 0. The minimum absolute atomic E-state index is 0.339. The number of hydrogen-bond acceptors (Lipinski definition) is 2. The standard InChI is InChI=1S/C21H21NO/c1-14-18(15-10-6-5-7-11-15)20(2)16-12-8-9-13-17(16)21(14,3)22-19(20)23-4/h5-13H,1-4H3. The molecule has 2 unspecified atom stereocenters. The maximum atomic E-state index is 5.77. The van der Waals surface area contributed by atoms with E-state index >= 15 is 0 Å². The highest BCUT2D eigenvalue weighted by atomic mass is 16.5. The van der Waals surface area contributed by atoms with Crippen LogP contribution < -0.4 is 0 Å². The molecule has 0 fully saturated rings. The van der Waals surface area contributed by atoms with Gasteiger partial charge in [-0.3, -0.25) is 0 Å². The van der Waals surface area contributed by atoms with Crippen LogP contribution in [0.5, 0.6) is 0 Å². The Kier molecular flexibility index (Phi) is 2.84. The molecule has 0 N–H and O–H groups in total. The third-order valence-electron chi connectivity index (χ3n) is 5.60. The van der Waals surface area contributed by atoms with Crippen LogP contribution in [-0.2, 0) is 15.7 Å². The van der Waals surface area contributed by atoms with Crippen LogP contribution in [0.25, 0.3) is 5.57 Å². The average molecular weight is 303 g/mol. The van der Waals surface area contributed by atoms with E-state index in [1.165, 1.54) is 27.8 Å². The zero-order valence-electron chi connectivity index (χ0n) is 14.1. The van der Waals surface area contributed by atoms with Crippen LogP contribution in [0.3, 0.4) is 0 Å². The van der Waals surface area contributed by atoms with Crippen LogP contribution in [0.1, 0.15) is 37.5 Å². The second kappa shape index (κ2) is 4.58. The molecule has 0 saturated heterocycles. The van der Waals surface area contributed by atoms with E-state index in [0.717, 1.165) is 5.90 Å². The number of ether oxygens (including phenoxy) is 1. The summed E-state index contributed by atoms with van der Waals surface area (Å²) < 4.78 is 5.77. The van der Waals surface area contributed by atoms with Crippen molar-refractivity contribution in [3.8, 4) is 0 Å². The molecular weight excluding hydrogens is 282 g/mol. The Hall–Kier alpha value is -2.35. The largest absolute Gasteiger partial charge is 0.483 e. The van der Waals surface area contributed by atoms with Crippen LogP contribution >= 0.6 is 0 Å². The molecule has 3 aliphatic rings. The highest BCUT2D eigenvalue weighted by Crippen LogP contribution is 2.58. The van der Waals surface area contributed by atoms with Crippen LogP contribution in [0.2, 0.25) is 0 Å². The Morgan fingerprint density at radius 3 is 2.13 bits per heavy atom. The molecule has 5 rings (SSSR count). The molecule has 0 spiro atoms. The van der Waals surface area contributed by atoms with Crippen molar-refractivity contribution in [2.24, 2.45) is 4.99 Å². The van der Waals surface area contributed by atoms with Gasteiger partial charge >= 0.3 is 0 Å². The molecule has 2 aromatic rings. The Balaban J connectivity index is 2.10. The van der Waals surface area contributed by atoms with E-state index in [0.29, 0.717) is 0 Å². The summed E-state index contributed by atoms with van der Waals surface area (Å²) in [7, 11) is 1.73. The molecular formula is C21H21NO. The SMILES string of the molecule is COC1=NC2(C)C(C)=C(c3ccccc3)C1(C)c1ccccc12. The summed E-state index contributed by atoms with van der Waals surface area (Å²) in [5.41, 5.74) is 5.79. The summed E-state index contributed by atoms with van der Waals surface area (Å²) in [6, 6.07) is 19.3. The Labute approximate surface area is 137 Å². The van der Waals surface area contributed by atoms with Gasteiger partial charge < -0.3 is 4.74 Å². The lowest BCUT2D eigenvalue weighted by molar-refractivity contribution is 0.341. The van der Waals surface area contributed by atoms with Gasteiger partial charge in [-0.25, -0.2) is 4.99 Å². The van der Waals surface area contributed by atoms with Crippen molar-refractivity contribution in [1.82, 2.24) is 0 Å². The fourth-order valence-electron chi connectivity index (χ4n) is 4.34. The van der Waals surface area contributed by atoms with Crippen LogP contribution in [0.15, 0.2) is 65.2 Å². The predicted octanol–water partition coefficient (Wildman–Crippen LogP) is 4.71. The van der Waals surface area contributed by atoms with Gasteiger partial charge in [-0.1, -0.05) is 54.6 Å². The third-order valence-corrected chi connectivity index (χ3v) is 5.60. The Bertz CT molecular complexity index is 849. The van der Waals surface area contributed by atoms with Crippen LogP contribution in [0.4, 0.5) is 0 Å². The highest BCUT2D eigenvalue weighted by Gasteiger charge is 2.54. The molecule has 116 valence electrons. The first-order valence-corrected chi connectivity index (χ1v) is 8.05. The molecule has 0 radical (unpaired) electrons. The van der Waals surface area contributed by atoms with E-state index < -0.39 is 0 Å². The summed E-state index contributed by atoms with van der Waals surface area (Å²) in [6.45, 7) is 6.65. The number of rotatable bonds is 1. The van der Waals surface area contributed by atoms with Crippen molar-refractivity contribution >= 4 is 11.5 Å². The predicted molar refractivity (Wildman–Crippen MR) is 94.6 cm³/mol. The molecule has 0 saturated carbocycles. The zero-order chi connectivity index (χ0) is 16.2. The second-order valence-corrected chi connectivity index (χ2v) is 6.73.